The predicted octanol–water partition coefficient (Wildman–Crippen LogP) is 1.43. The second kappa shape index (κ2) is 9.61. The maximum Gasteiger partial charge on any atom is 0.317 e. The molecule has 0 aliphatic heterocycles. The van der Waals surface area contributed by atoms with Gasteiger partial charge in [-0.05, 0) is 26.7 Å². The molecule has 0 aromatic rings. The van der Waals surface area contributed by atoms with Gasteiger partial charge in [0.25, 0.3) is 0 Å². The smallest absolute Gasteiger partial charge is 0.317 e. The van der Waals surface area contributed by atoms with E-state index in [0.29, 0.717) is 19.4 Å². The van der Waals surface area contributed by atoms with Crippen molar-refractivity contribution in [3.63, 3.8) is 0 Å². The highest BCUT2D eigenvalue weighted by Crippen LogP contribution is 2.06. The second-order valence-corrected chi connectivity index (χ2v) is 4.90. The van der Waals surface area contributed by atoms with E-state index in [1.165, 1.54) is 0 Å². The van der Waals surface area contributed by atoms with Gasteiger partial charge in [-0.15, -0.1) is 0 Å². The highest BCUT2D eigenvalue weighted by atomic mass is 16.4. The van der Waals surface area contributed by atoms with Gasteiger partial charge in [0.2, 0.25) is 0 Å². The van der Waals surface area contributed by atoms with Crippen LogP contribution in [-0.4, -0.2) is 52.3 Å². The average molecular weight is 274 g/mol. The van der Waals surface area contributed by atoms with Gasteiger partial charge < -0.3 is 20.4 Å². The summed E-state index contributed by atoms with van der Waals surface area (Å²) in [6.45, 7) is 6.23. The highest BCUT2D eigenvalue weighted by Gasteiger charge is 2.21. The fourth-order valence-electron chi connectivity index (χ4n) is 1.88. The van der Waals surface area contributed by atoms with E-state index >= 15 is 0 Å². The van der Waals surface area contributed by atoms with E-state index in [-0.39, 0.29) is 31.1 Å². The van der Waals surface area contributed by atoms with E-state index in [0.717, 1.165) is 6.42 Å². The average Bonchev–Trinajstić information content (AvgIpc) is 2.28. The van der Waals surface area contributed by atoms with Crippen LogP contribution in [0.3, 0.4) is 0 Å². The molecule has 0 heterocycles. The molecule has 0 saturated carbocycles. The first-order chi connectivity index (χ1) is 8.92. The zero-order valence-electron chi connectivity index (χ0n) is 12.1. The minimum absolute atomic E-state index is 0.0126. The molecular weight excluding hydrogens is 248 g/mol. The van der Waals surface area contributed by atoms with Gasteiger partial charge in [0.1, 0.15) is 0 Å². The molecule has 6 heteroatoms. The van der Waals surface area contributed by atoms with Crippen molar-refractivity contribution in [3.05, 3.63) is 0 Å². The number of amides is 2. The van der Waals surface area contributed by atoms with Gasteiger partial charge in [-0.2, -0.15) is 0 Å². The summed E-state index contributed by atoms with van der Waals surface area (Å²) in [5, 5.41) is 20.4. The molecule has 0 rings (SSSR count). The van der Waals surface area contributed by atoms with Crippen LogP contribution in [-0.2, 0) is 4.79 Å². The molecule has 1 unspecified atom stereocenters. The molecule has 0 bridgehead atoms. The summed E-state index contributed by atoms with van der Waals surface area (Å²) in [5.41, 5.74) is 0. The monoisotopic (exact) mass is 274 g/mol. The van der Waals surface area contributed by atoms with Crippen LogP contribution < -0.4 is 5.32 Å². The number of aliphatic carboxylic acids is 1. The SMILES string of the molecule is CCCC(CC(=O)O)NC(=O)N(CCCO)C(C)C. The Hall–Kier alpha value is -1.30. The van der Waals surface area contributed by atoms with Crippen molar-refractivity contribution in [2.24, 2.45) is 0 Å². The van der Waals surface area contributed by atoms with Crippen LogP contribution in [0.1, 0.15) is 46.5 Å². The van der Waals surface area contributed by atoms with E-state index < -0.39 is 5.97 Å². The Morgan fingerprint density at radius 1 is 1.32 bits per heavy atom. The maximum absolute atomic E-state index is 12.1. The van der Waals surface area contributed by atoms with E-state index in [1.807, 2.05) is 20.8 Å². The van der Waals surface area contributed by atoms with E-state index in [1.54, 1.807) is 4.90 Å². The van der Waals surface area contributed by atoms with Crippen LogP contribution in [0.25, 0.3) is 0 Å². The number of carboxylic acids is 1. The number of aliphatic hydroxyl groups is 1. The molecule has 19 heavy (non-hydrogen) atoms. The molecule has 112 valence electrons. The number of hydrogen-bond donors (Lipinski definition) is 3. The lowest BCUT2D eigenvalue weighted by atomic mass is 10.1. The largest absolute Gasteiger partial charge is 0.481 e. The number of carboxylic acid groups (broad SMARTS) is 1. The van der Waals surface area contributed by atoms with Crippen LogP contribution in [0.4, 0.5) is 4.79 Å². The minimum atomic E-state index is -0.912. The lowest BCUT2D eigenvalue weighted by molar-refractivity contribution is -0.137. The van der Waals surface area contributed by atoms with Gasteiger partial charge in [-0.3, -0.25) is 4.79 Å². The third-order valence-corrected chi connectivity index (χ3v) is 2.83. The number of hydrogen-bond acceptors (Lipinski definition) is 3. The summed E-state index contributed by atoms with van der Waals surface area (Å²) in [6, 6.07) is -0.591. The fraction of sp³-hybridized carbons (Fsp3) is 0.846. The number of nitrogens with zero attached hydrogens (tertiary/aromatic N) is 1. The summed E-state index contributed by atoms with van der Waals surface area (Å²) in [4.78, 5) is 24.5. The van der Waals surface area contributed by atoms with Crippen LogP contribution in [0.15, 0.2) is 0 Å². The van der Waals surface area contributed by atoms with E-state index in [4.69, 9.17) is 10.2 Å². The third-order valence-electron chi connectivity index (χ3n) is 2.83. The molecule has 0 aromatic heterocycles. The molecular formula is C13H26N2O4. The molecule has 0 aliphatic rings. The molecule has 1 atom stereocenters. The Bertz CT molecular complexity index is 282. The summed E-state index contributed by atoms with van der Waals surface area (Å²) in [6.07, 6.45) is 1.91. The van der Waals surface area contributed by atoms with Gasteiger partial charge in [-0.25, -0.2) is 4.79 Å². The summed E-state index contributed by atoms with van der Waals surface area (Å²) in [5.74, 6) is -0.912. The molecule has 0 spiro atoms. The number of rotatable bonds is 9. The van der Waals surface area contributed by atoms with Gasteiger partial charge in [0.15, 0.2) is 0 Å². The Morgan fingerprint density at radius 2 is 1.95 bits per heavy atom. The van der Waals surface area contributed by atoms with Crippen molar-refractivity contribution in [1.29, 1.82) is 0 Å². The zero-order valence-corrected chi connectivity index (χ0v) is 12.1. The predicted molar refractivity (Wildman–Crippen MR) is 73.0 cm³/mol. The van der Waals surface area contributed by atoms with Gasteiger partial charge in [0.05, 0.1) is 6.42 Å². The fourth-order valence-corrected chi connectivity index (χ4v) is 1.88. The Balaban J connectivity index is 4.51. The van der Waals surface area contributed by atoms with Crippen molar-refractivity contribution in [2.75, 3.05) is 13.2 Å². The molecule has 6 nitrogen and oxygen atoms in total. The van der Waals surface area contributed by atoms with Crippen molar-refractivity contribution in [2.45, 2.75) is 58.5 Å². The first kappa shape index (κ1) is 17.7. The van der Waals surface area contributed by atoms with E-state index in [2.05, 4.69) is 5.32 Å². The lowest BCUT2D eigenvalue weighted by Crippen LogP contribution is -2.48. The van der Waals surface area contributed by atoms with Crippen LogP contribution in [0.5, 0.6) is 0 Å². The van der Waals surface area contributed by atoms with E-state index in [9.17, 15) is 9.59 Å². The van der Waals surface area contributed by atoms with Gasteiger partial charge in [0, 0.05) is 25.2 Å². The van der Waals surface area contributed by atoms with Crippen LogP contribution in [0, 0.1) is 0 Å². The third kappa shape index (κ3) is 7.66. The van der Waals surface area contributed by atoms with Crippen molar-refractivity contribution >= 4 is 12.0 Å². The van der Waals surface area contributed by atoms with Crippen molar-refractivity contribution < 1.29 is 19.8 Å². The molecule has 0 saturated heterocycles. The zero-order chi connectivity index (χ0) is 14.8. The Kier molecular flexibility index (Phi) is 8.95. The number of urea groups is 1. The molecule has 2 amide bonds. The minimum Gasteiger partial charge on any atom is -0.481 e. The molecule has 0 radical (unpaired) electrons. The first-order valence-corrected chi connectivity index (χ1v) is 6.82. The number of carbonyl (C=O) groups excluding carboxylic acids is 1. The summed E-state index contributed by atoms with van der Waals surface area (Å²) >= 11 is 0. The summed E-state index contributed by atoms with van der Waals surface area (Å²) < 4.78 is 0. The maximum atomic E-state index is 12.1. The summed E-state index contributed by atoms with van der Waals surface area (Å²) in [7, 11) is 0. The molecule has 0 aliphatic carbocycles. The highest BCUT2D eigenvalue weighted by molar-refractivity contribution is 5.76. The van der Waals surface area contributed by atoms with Crippen LogP contribution >= 0.6 is 0 Å². The standard InChI is InChI=1S/C13H26N2O4/c1-4-6-11(9-12(17)18)14-13(19)15(10(2)3)7-5-8-16/h10-11,16H,4-9H2,1-3H3,(H,14,19)(H,17,18). The quantitative estimate of drug-likeness (QED) is 0.593. The van der Waals surface area contributed by atoms with Crippen molar-refractivity contribution in [1.82, 2.24) is 10.2 Å². The molecule has 0 fully saturated rings. The van der Waals surface area contributed by atoms with Crippen LogP contribution in [0.2, 0.25) is 0 Å². The molecule has 3 N–H and O–H groups in total. The molecule has 0 aromatic carbocycles. The number of nitrogens with one attached hydrogen (secondary N) is 1. The first-order valence-electron chi connectivity index (χ1n) is 6.82. The normalized spacial score (nSPS) is 12.3. The second-order valence-electron chi connectivity index (χ2n) is 4.90. The topological polar surface area (TPSA) is 89.9 Å². The lowest BCUT2D eigenvalue weighted by Gasteiger charge is -2.29. The van der Waals surface area contributed by atoms with Gasteiger partial charge >= 0.3 is 12.0 Å². The number of carbonyl (C=O) groups is 2. The Labute approximate surface area is 114 Å². The number of aliphatic hydroxyl groups excluding tert-OH is 1. The Morgan fingerprint density at radius 3 is 2.37 bits per heavy atom. The van der Waals surface area contributed by atoms with Crippen molar-refractivity contribution in [3.8, 4) is 0 Å². The van der Waals surface area contributed by atoms with Gasteiger partial charge in [-0.1, -0.05) is 13.3 Å².